The van der Waals surface area contributed by atoms with Crippen LogP contribution >= 0.6 is 34.8 Å². The first kappa shape index (κ1) is 16.2. The highest BCUT2D eigenvalue weighted by molar-refractivity contribution is 6.42. The monoisotopic (exact) mass is 341 g/mol. The molecule has 0 spiro atoms. The van der Waals surface area contributed by atoms with Gasteiger partial charge in [-0.05, 0) is 23.3 Å². The fraction of sp³-hybridized carbons (Fsp3) is 0.188. The molecule has 0 aliphatic carbocycles. The average Bonchev–Trinajstić information content (AvgIpc) is 2.49. The summed E-state index contributed by atoms with van der Waals surface area (Å²) in [7, 11) is 0. The van der Waals surface area contributed by atoms with Crippen LogP contribution in [0, 0.1) is 0 Å². The number of nitrogens with one attached hydrogen (secondary N) is 1. The Hall–Kier alpha value is -1.22. The maximum Gasteiger partial charge on any atom is 0.224 e. The van der Waals surface area contributed by atoms with Crippen molar-refractivity contribution in [1.82, 2.24) is 5.32 Å². The SMILES string of the molecule is O=C(Cc1ccc(Cl)c(Cl)c1)NCC(Cl)c1ccccc1. The normalized spacial score (nSPS) is 12.0. The van der Waals surface area contributed by atoms with Crippen molar-refractivity contribution in [3.8, 4) is 0 Å². The molecule has 0 aliphatic rings. The molecule has 1 atom stereocenters. The molecule has 5 heteroatoms. The molecule has 0 heterocycles. The largest absolute Gasteiger partial charge is 0.354 e. The minimum Gasteiger partial charge on any atom is -0.354 e. The van der Waals surface area contributed by atoms with E-state index in [-0.39, 0.29) is 17.7 Å². The molecular weight excluding hydrogens is 329 g/mol. The maximum absolute atomic E-state index is 11.9. The van der Waals surface area contributed by atoms with Crippen LogP contribution in [0.4, 0.5) is 0 Å². The van der Waals surface area contributed by atoms with Crippen molar-refractivity contribution in [2.24, 2.45) is 0 Å². The highest BCUT2D eigenvalue weighted by Crippen LogP contribution is 2.23. The van der Waals surface area contributed by atoms with Crippen LogP contribution in [-0.2, 0) is 11.2 Å². The molecule has 0 saturated heterocycles. The Bertz CT molecular complexity index is 616. The molecular formula is C16H14Cl3NO. The molecule has 2 aromatic rings. The van der Waals surface area contributed by atoms with Crippen LogP contribution in [0.1, 0.15) is 16.5 Å². The number of amides is 1. The van der Waals surface area contributed by atoms with Gasteiger partial charge in [0.2, 0.25) is 5.91 Å². The molecule has 1 unspecified atom stereocenters. The Morgan fingerprint density at radius 1 is 1.05 bits per heavy atom. The van der Waals surface area contributed by atoms with Gasteiger partial charge in [0.25, 0.3) is 0 Å². The lowest BCUT2D eigenvalue weighted by atomic mass is 10.1. The van der Waals surface area contributed by atoms with Gasteiger partial charge in [0.15, 0.2) is 0 Å². The number of carbonyl (C=O) groups excluding carboxylic acids is 1. The van der Waals surface area contributed by atoms with Gasteiger partial charge >= 0.3 is 0 Å². The Balaban J connectivity index is 1.86. The summed E-state index contributed by atoms with van der Waals surface area (Å²) < 4.78 is 0. The smallest absolute Gasteiger partial charge is 0.224 e. The fourth-order valence-corrected chi connectivity index (χ4v) is 2.42. The molecule has 2 aromatic carbocycles. The van der Waals surface area contributed by atoms with Crippen LogP contribution in [0.15, 0.2) is 48.5 Å². The number of rotatable bonds is 5. The molecule has 2 rings (SSSR count). The Morgan fingerprint density at radius 3 is 2.43 bits per heavy atom. The number of benzene rings is 2. The standard InChI is InChI=1S/C16H14Cl3NO/c17-13-7-6-11(8-14(13)18)9-16(21)20-10-15(19)12-4-2-1-3-5-12/h1-8,15H,9-10H2,(H,20,21). The van der Waals surface area contributed by atoms with Gasteiger partial charge in [-0.2, -0.15) is 0 Å². The first-order valence-corrected chi connectivity index (χ1v) is 7.65. The minimum atomic E-state index is -0.246. The summed E-state index contributed by atoms with van der Waals surface area (Å²) in [5.41, 5.74) is 1.79. The van der Waals surface area contributed by atoms with E-state index < -0.39 is 0 Å². The molecule has 0 bridgehead atoms. The topological polar surface area (TPSA) is 29.1 Å². The predicted octanol–water partition coefficient (Wildman–Crippen LogP) is 4.63. The van der Waals surface area contributed by atoms with Crippen LogP contribution in [-0.4, -0.2) is 12.5 Å². The van der Waals surface area contributed by atoms with Crippen molar-refractivity contribution in [3.05, 3.63) is 69.7 Å². The van der Waals surface area contributed by atoms with E-state index >= 15 is 0 Å². The lowest BCUT2D eigenvalue weighted by molar-refractivity contribution is -0.120. The summed E-state index contributed by atoms with van der Waals surface area (Å²) >= 11 is 18.0. The molecule has 2 nitrogen and oxygen atoms in total. The lowest BCUT2D eigenvalue weighted by Gasteiger charge is -2.11. The van der Waals surface area contributed by atoms with Crippen molar-refractivity contribution in [1.29, 1.82) is 0 Å². The minimum absolute atomic E-state index is 0.102. The number of hydrogen-bond acceptors (Lipinski definition) is 1. The Morgan fingerprint density at radius 2 is 1.76 bits per heavy atom. The molecule has 1 N–H and O–H groups in total. The summed E-state index contributed by atoms with van der Waals surface area (Å²) in [5, 5.41) is 3.49. The fourth-order valence-electron chi connectivity index (χ4n) is 1.88. The first-order valence-electron chi connectivity index (χ1n) is 6.46. The number of alkyl halides is 1. The summed E-state index contributed by atoms with van der Waals surface area (Å²) in [4.78, 5) is 11.9. The van der Waals surface area contributed by atoms with E-state index in [9.17, 15) is 4.79 Å². The van der Waals surface area contributed by atoms with Gasteiger partial charge in [-0.1, -0.05) is 59.6 Å². The molecule has 0 radical (unpaired) electrons. The second kappa shape index (κ2) is 7.69. The van der Waals surface area contributed by atoms with Crippen LogP contribution in [0.3, 0.4) is 0 Å². The molecule has 0 fully saturated rings. The predicted molar refractivity (Wildman–Crippen MR) is 88.2 cm³/mol. The molecule has 0 aliphatic heterocycles. The Labute approximate surface area is 139 Å². The van der Waals surface area contributed by atoms with Crippen molar-refractivity contribution < 1.29 is 4.79 Å². The van der Waals surface area contributed by atoms with Crippen LogP contribution < -0.4 is 5.32 Å². The molecule has 1 amide bonds. The highest BCUT2D eigenvalue weighted by Gasteiger charge is 2.10. The van der Waals surface area contributed by atoms with Crippen molar-refractivity contribution in [2.45, 2.75) is 11.8 Å². The third-order valence-corrected chi connectivity index (χ3v) is 4.13. The third kappa shape index (κ3) is 4.92. The Kier molecular flexibility index (Phi) is 5.92. The molecule has 0 saturated carbocycles. The lowest BCUT2D eigenvalue weighted by Crippen LogP contribution is -2.28. The van der Waals surface area contributed by atoms with Gasteiger partial charge in [0.1, 0.15) is 0 Å². The van der Waals surface area contributed by atoms with E-state index in [1.54, 1.807) is 18.2 Å². The van der Waals surface area contributed by atoms with Gasteiger partial charge in [0.05, 0.1) is 21.8 Å². The van der Waals surface area contributed by atoms with Gasteiger partial charge in [-0.25, -0.2) is 0 Å². The van der Waals surface area contributed by atoms with Gasteiger partial charge in [-0.15, -0.1) is 11.6 Å². The van der Waals surface area contributed by atoms with E-state index in [1.807, 2.05) is 30.3 Å². The van der Waals surface area contributed by atoms with E-state index in [0.29, 0.717) is 16.6 Å². The van der Waals surface area contributed by atoms with Crippen LogP contribution in [0.25, 0.3) is 0 Å². The zero-order chi connectivity index (χ0) is 15.2. The van der Waals surface area contributed by atoms with Gasteiger partial charge in [0, 0.05) is 6.54 Å². The highest BCUT2D eigenvalue weighted by atomic mass is 35.5. The summed E-state index contributed by atoms with van der Waals surface area (Å²) in [5.74, 6) is -0.102. The van der Waals surface area contributed by atoms with Gasteiger partial charge < -0.3 is 5.32 Å². The quantitative estimate of drug-likeness (QED) is 0.788. The number of carbonyl (C=O) groups is 1. The molecule has 21 heavy (non-hydrogen) atoms. The summed E-state index contributed by atoms with van der Waals surface area (Å²) in [6.07, 6.45) is 0.245. The maximum atomic E-state index is 11.9. The third-order valence-electron chi connectivity index (χ3n) is 2.99. The summed E-state index contributed by atoms with van der Waals surface area (Å²) in [6.45, 7) is 0.381. The van der Waals surface area contributed by atoms with Crippen LogP contribution in [0.5, 0.6) is 0 Å². The number of halogens is 3. The average molecular weight is 343 g/mol. The van der Waals surface area contributed by atoms with Crippen molar-refractivity contribution >= 4 is 40.7 Å². The van der Waals surface area contributed by atoms with Crippen molar-refractivity contribution in [2.75, 3.05) is 6.54 Å². The van der Waals surface area contributed by atoms with E-state index in [2.05, 4.69) is 5.32 Å². The second-order valence-electron chi connectivity index (χ2n) is 4.61. The number of hydrogen-bond donors (Lipinski definition) is 1. The zero-order valence-corrected chi connectivity index (χ0v) is 13.4. The van der Waals surface area contributed by atoms with E-state index in [0.717, 1.165) is 11.1 Å². The van der Waals surface area contributed by atoms with Crippen molar-refractivity contribution in [3.63, 3.8) is 0 Å². The van der Waals surface area contributed by atoms with Crippen LogP contribution in [0.2, 0.25) is 10.0 Å². The zero-order valence-electron chi connectivity index (χ0n) is 11.2. The molecule has 0 aromatic heterocycles. The first-order chi connectivity index (χ1) is 10.1. The summed E-state index contributed by atoms with van der Waals surface area (Å²) in [6, 6.07) is 14.8. The molecule has 110 valence electrons. The van der Waals surface area contributed by atoms with Gasteiger partial charge in [-0.3, -0.25) is 4.79 Å². The van der Waals surface area contributed by atoms with E-state index in [4.69, 9.17) is 34.8 Å². The second-order valence-corrected chi connectivity index (χ2v) is 5.95. The van der Waals surface area contributed by atoms with E-state index in [1.165, 1.54) is 0 Å².